The summed E-state index contributed by atoms with van der Waals surface area (Å²) in [6.45, 7) is 1.44. The highest BCUT2D eigenvalue weighted by atomic mass is 79.9. The summed E-state index contributed by atoms with van der Waals surface area (Å²) in [7, 11) is 0. The minimum atomic E-state index is -0.902. The first-order valence-electron chi connectivity index (χ1n) is 5.47. The molecule has 2 atom stereocenters. The lowest BCUT2D eigenvalue weighted by molar-refractivity contribution is -0.0651. The Bertz CT molecular complexity index is 355. The molecular weight excluding hydrogens is 270 g/mol. The van der Waals surface area contributed by atoms with Crippen molar-refractivity contribution in [2.75, 3.05) is 19.7 Å². The van der Waals surface area contributed by atoms with Gasteiger partial charge in [-0.25, -0.2) is 0 Å². The van der Waals surface area contributed by atoms with Crippen LogP contribution in [0.2, 0.25) is 0 Å². The predicted octanol–water partition coefficient (Wildman–Crippen LogP) is 1.24. The lowest BCUT2D eigenvalue weighted by Gasteiger charge is -2.40. The third-order valence-corrected chi connectivity index (χ3v) is 3.84. The number of aliphatic hydroxyl groups excluding tert-OH is 1. The number of benzene rings is 1. The number of hydrogen-bond acceptors (Lipinski definition) is 3. The van der Waals surface area contributed by atoms with Crippen LogP contribution in [-0.4, -0.2) is 29.9 Å². The van der Waals surface area contributed by atoms with Gasteiger partial charge in [-0.2, -0.15) is 0 Å². The summed E-state index contributed by atoms with van der Waals surface area (Å²) in [6, 6.07) is 7.67. The average molecular weight is 286 g/mol. The predicted molar refractivity (Wildman–Crippen MR) is 66.1 cm³/mol. The van der Waals surface area contributed by atoms with E-state index in [2.05, 4.69) is 21.2 Å². The lowest BCUT2D eigenvalue weighted by atomic mass is 9.77. The van der Waals surface area contributed by atoms with Crippen LogP contribution in [0.15, 0.2) is 28.7 Å². The van der Waals surface area contributed by atoms with Crippen molar-refractivity contribution in [3.05, 3.63) is 34.3 Å². The van der Waals surface area contributed by atoms with Gasteiger partial charge in [0.1, 0.15) is 0 Å². The Labute approximate surface area is 104 Å². The molecule has 1 fully saturated rings. The Morgan fingerprint density at radius 3 is 2.69 bits per heavy atom. The van der Waals surface area contributed by atoms with Crippen LogP contribution in [0.3, 0.4) is 0 Å². The quantitative estimate of drug-likeness (QED) is 0.766. The first-order chi connectivity index (χ1) is 7.66. The zero-order chi connectivity index (χ0) is 11.6. The van der Waals surface area contributed by atoms with Crippen molar-refractivity contribution < 1.29 is 10.2 Å². The molecule has 2 unspecified atom stereocenters. The van der Waals surface area contributed by atoms with Crippen molar-refractivity contribution in [3.63, 3.8) is 0 Å². The lowest BCUT2D eigenvalue weighted by Crippen LogP contribution is -2.49. The van der Waals surface area contributed by atoms with Crippen LogP contribution >= 0.6 is 15.9 Å². The number of hydrogen-bond donors (Lipinski definition) is 3. The molecule has 2 rings (SSSR count). The highest BCUT2D eigenvalue weighted by Gasteiger charge is 2.39. The Hall–Kier alpha value is -0.420. The van der Waals surface area contributed by atoms with E-state index >= 15 is 0 Å². The van der Waals surface area contributed by atoms with Gasteiger partial charge < -0.3 is 15.5 Å². The SMILES string of the molecule is OCC1CNCCC1(O)c1ccc(Br)cc1. The van der Waals surface area contributed by atoms with E-state index in [4.69, 9.17) is 0 Å². The van der Waals surface area contributed by atoms with Crippen molar-refractivity contribution in [3.8, 4) is 0 Å². The van der Waals surface area contributed by atoms with Crippen molar-refractivity contribution in [2.45, 2.75) is 12.0 Å². The summed E-state index contributed by atoms with van der Waals surface area (Å²) in [5, 5.41) is 23.2. The Balaban J connectivity index is 2.31. The zero-order valence-electron chi connectivity index (χ0n) is 8.99. The molecule has 1 saturated heterocycles. The van der Waals surface area contributed by atoms with Gasteiger partial charge in [-0.15, -0.1) is 0 Å². The van der Waals surface area contributed by atoms with Gasteiger partial charge in [0.15, 0.2) is 0 Å². The van der Waals surface area contributed by atoms with Crippen molar-refractivity contribution in [1.29, 1.82) is 0 Å². The average Bonchev–Trinajstić information content (AvgIpc) is 2.30. The molecule has 1 aliphatic heterocycles. The molecule has 0 amide bonds. The van der Waals surface area contributed by atoms with Crippen LogP contribution in [-0.2, 0) is 5.60 Å². The number of halogens is 1. The molecule has 0 aliphatic carbocycles. The van der Waals surface area contributed by atoms with Crippen LogP contribution in [0.25, 0.3) is 0 Å². The van der Waals surface area contributed by atoms with Crippen molar-refractivity contribution in [2.24, 2.45) is 5.92 Å². The molecule has 3 nitrogen and oxygen atoms in total. The fourth-order valence-corrected chi connectivity index (χ4v) is 2.53. The maximum atomic E-state index is 10.7. The molecule has 1 heterocycles. The summed E-state index contributed by atoms with van der Waals surface area (Å²) < 4.78 is 0.995. The summed E-state index contributed by atoms with van der Waals surface area (Å²) in [5.74, 6) is -0.137. The van der Waals surface area contributed by atoms with Gasteiger partial charge in [-0.1, -0.05) is 28.1 Å². The summed E-state index contributed by atoms with van der Waals surface area (Å²) in [4.78, 5) is 0. The minimum absolute atomic E-state index is 0.000433. The number of piperidine rings is 1. The third-order valence-electron chi connectivity index (χ3n) is 3.31. The van der Waals surface area contributed by atoms with E-state index in [-0.39, 0.29) is 12.5 Å². The fourth-order valence-electron chi connectivity index (χ4n) is 2.26. The van der Waals surface area contributed by atoms with Gasteiger partial charge in [0.25, 0.3) is 0 Å². The van der Waals surface area contributed by atoms with E-state index in [0.717, 1.165) is 16.6 Å². The fraction of sp³-hybridized carbons (Fsp3) is 0.500. The van der Waals surface area contributed by atoms with Crippen LogP contribution in [0, 0.1) is 5.92 Å². The number of aliphatic hydroxyl groups is 2. The third kappa shape index (κ3) is 2.15. The van der Waals surface area contributed by atoms with Gasteiger partial charge in [-0.05, 0) is 30.7 Å². The number of nitrogens with one attached hydrogen (secondary N) is 1. The monoisotopic (exact) mass is 285 g/mol. The van der Waals surface area contributed by atoms with Crippen LogP contribution < -0.4 is 5.32 Å². The molecule has 3 N–H and O–H groups in total. The molecule has 0 radical (unpaired) electrons. The molecule has 4 heteroatoms. The Morgan fingerprint density at radius 2 is 2.06 bits per heavy atom. The minimum Gasteiger partial charge on any atom is -0.396 e. The van der Waals surface area contributed by atoms with Gasteiger partial charge in [0.05, 0.1) is 12.2 Å². The molecule has 88 valence electrons. The molecular formula is C12H16BrNO2. The molecule has 1 aromatic carbocycles. The Kier molecular flexibility index (Phi) is 3.64. The van der Waals surface area contributed by atoms with Gasteiger partial charge in [-0.3, -0.25) is 0 Å². The second-order valence-corrected chi connectivity index (χ2v) is 5.18. The summed E-state index contributed by atoms with van der Waals surface area (Å²) >= 11 is 3.38. The van der Waals surface area contributed by atoms with E-state index < -0.39 is 5.60 Å². The number of rotatable bonds is 2. The first-order valence-corrected chi connectivity index (χ1v) is 6.26. The highest BCUT2D eigenvalue weighted by molar-refractivity contribution is 9.10. The summed E-state index contributed by atoms with van der Waals surface area (Å²) in [5.41, 5.74) is -0.0167. The maximum absolute atomic E-state index is 10.7. The molecule has 1 aromatic rings. The van der Waals surface area contributed by atoms with Crippen molar-refractivity contribution in [1.82, 2.24) is 5.32 Å². The molecule has 16 heavy (non-hydrogen) atoms. The largest absolute Gasteiger partial charge is 0.396 e. The Morgan fingerprint density at radius 1 is 1.38 bits per heavy atom. The van der Waals surface area contributed by atoms with E-state index in [9.17, 15) is 10.2 Å². The molecule has 0 bridgehead atoms. The normalized spacial score (nSPS) is 30.3. The maximum Gasteiger partial charge on any atom is 0.0970 e. The zero-order valence-corrected chi connectivity index (χ0v) is 10.6. The topological polar surface area (TPSA) is 52.5 Å². The van der Waals surface area contributed by atoms with Gasteiger partial charge in [0.2, 0.25) is 0 Å². The van der Waals surface area contributed by atoms with Crippen molar-refractivity contribution >= 4 is 15.9 Å². The highest BCUT2D eigenvalue weighted by Crippen LogP contribution is 2.35. The molecule has 0 aromatic heterocycles. The second kappa shape index (κ2) is 4.84. The van der Waals surface area contributed by atoms with E-state index in [1.165, 1.54) is 0 Å². The smallest absolute Gasteiger partial charge is 0.0970 e. The van der Waals surface area contributed by atoms with Gasteiger partial charge >= 0.3 is 0 Å². The van der Waals surface area contributed by atoms with Crippen LogP contribution in [0.4, 0.5) is 0 Å². The van der Waals surface area contributed by atoms with Gasteiger partial charge in [0, 0.05) is 16.9 Å². The van der Waals surface area contributed by atoms with Crippen LogP contribution in [0.5, 0.6) is 0 Å². The molecule has 0 saturated carbocycles. The first kappa shape index (κ1) is 12.0. The summed E-state index contributed by atoms with van der Waals surface area (Å²) in [6.07, 6.45) is 0.639. The molecule has 1 aliphatic rings. The molecule has 0 spiro atoms. The van der Waals surface area contributed by atoms with E-state index in [1.54, 1.807) is 0 Å². The standard InChI is InChI=1S/C12H16BrNO2/c13-11-3-1-9(2-4-11)12(16)5-6-14-7-10(12)8-15/h1-4,10,14-16H,5-8H2. The van der Waals surface area contributed by atoms with E-state index in [1.807, 2.05) is 24.3 Å². The van der Waals surface area contributed by atoms with Crippen LogP contribution in [0.1, 0.15) is 12.0 Å². The second-order valence-electron chi connectivity index (χ2n) is 4.26. The van der Waals surface area contributed by atoms with E-state index in [0.29, 0.717) is 13.0 Å².